The number of carbonyl (C=O) groups is 1. The lowest BCUT2D eigenvalue weighted by molar-refractivity contribution is -0.112. The second kappa shape index (κ2) is 8.15. The summed E-state index contributed by atoms with van der Waals surface area (Å²) in [4.78, 5) is 16.8. The van der Waals surface area contributed by atoms with Crippen molar-refractivity contribution in [3.05, 3.63) is 75.2 Å². The minimum Gasteiger partial charge on any atom is -0.320 e. The molecule has 7 heteroatoms. The van der Waals surface area contributed by atoms with Gasteiger partial charge in [0.05, 0.1) is 16.4 Å². The third kappa shape index (κ3) is 4.30. The predicted octanol–water partition coefficient (Wildman–Crippen LogP) is 5.66. The number of halogens is 2. The summed E-state index contributed by atoms with van der Waals surface area (Å²) >= 11 is 13.3. The number of thiazole rings is 1. The number of hydrogen-bond acceptors (Lipinski definition) is 4. The van der Waals surface area contributed by atoms with E-state index in [0.717, 1.165) is 10.6 Å². The number of amides is 1. The Labute approximate surface area is 164 Å². The van der Waals surface area contributed by atoms with Crippen molar-refractivity contribution in [2.24, 2.45) is 0 Å². The van der Waals surface area contributed by atoms with Crippen LogP contribution in [0.3, 0.4) is 0 Å². The Bertz CT molecular complexity index is 1020. The van der Waals surface area contributed by atoms with E-state index in [1.807, 2.05) is 18.2 Å². The molecule has 0 aliphatic carbocycles. The summed E-state index contributed by atoms with van der Waals surface area (Å²) in [6, 6.07) is 16.0. The first-order valence-electron chi connectivity index (χ1n) is 7.46. The normalized spacial score (nSPS) is 11.0. The van der Waals surface area contributed by atoms with Crippen molar-refractivity contribution in [2.75, 3.05) is 5.32 Å². The van der Waals surface area contributed by atoms with Crippen LogP contribution in [0.4, 0.5) is 5.69 Å². The maximum atomic E-state index is 12.3. The number of nitrogens with zero attached hydrogens (tertiary/aromatic N) is 2. The van der Waals surface area contributed by atoms with E-state index in [9.17, 15) is 10.1 Å². The first-order valence-corrected chi connectivity index (χ1v) is 9.09. The molecule has 0 saturated carbocycles. The van der Waals surface area contributed by atoms with Crippen molar-refractivity contribution >= 4 is 52.2 Å². The molecule has 0 saturated heterocycles. The SMILES string of the molecule is N#C/C(=C\c1csc(-c2ccc(Cl)cc2)n1)C(=O)Nc1ccccc1Cl. The van der Waals surface area contributed by atoms with Gasteiger partial charge in [0, 0.05) is 16.0 Å². The average Bonchev–Trinajstić information content (AvgIpc) is 3.10. The molecule has 3 aromatic rings. The first kappa shape index (κ1) is 18.2. The molecule has 1 heterocycles. The molecule has 0 aliphatic heterocycles. The second-order valence-electron chi connectivity index (χ2n) is 5.19. The van der Waals surface area contributed by atoms with Crippen molar-refractivity contribution in [3.8, 4) is 16.6 Å². The van der Waals surface area contributed by atoms with E-state index in [2.05, 4.69) is 10.3 Å². The van der Waals surface area contributed by atoms with Crippen LogP contribution in [0.5, 0.6) is 0 Å². The van der Waals surface area contributed by atoms with Gasteiger partial charge in [0.1, 0.15) is 16.6 Å². The largest absolute Gasteiger partial charge is 0.320 e. The molecule has 4 nitrogen and oxygen atoms in total. The van der Waals surface area contributed by atoms with Gasteiger partial charge in [-0.2, -0.15) is 5.26 Å². The smallest absolute Gasteiger partial charge is 0.266 e. The van der Waals surface area contributed by atoms with Gasteiger partial charge in [-0.25, -0.2) is 4.98 Å². The van der Waals surface area contributed by atoms with Crippen LogP contribution in [0.15, 0.2) is 59.5 Å². The maximum absolute atomic E-state index is 12.3. The van der Waals surface area contributed by atoms with Crippen LogP contribution in [-0.4, -0.2) is 10.9 Å². The van der Waals surface area contributed by atoms with Gasteiger partial charge < -0.3 is 5.32 Å². The summed E-state index contributed by atoms with van der Waals surface area (Å²) in [5, 5.41) is 15.5. The number of anilines is 1. The summed E-state index contributed by atoms with van der Waals surface area (Å²) in [5.41, 5.74) is 1.84. The molecule has 128 valence electrons. The van der Waals surface area contributed by atoms with E-state index in [4.69, 9.17) is 23.2 Å². The van der Waals surface area contributed by atoms with Crippen LogP contribution < -0.4 is 5.32 Å². The molecule has 3 rings (SSSR count). The Morgan fingerprint density at radius 1 is 1.15 bits per heavy atom. The Morgan fingerprint density at radius 3 is 2.58 bits per heavy atom. The molecular formula is C19H11Cl2N3OS. The maximum Gasteiger partial charge on any atom is 0.266 e. The Hall–Kier alpha value is -2.65. The van der Waals surface area contributed by atoms with Crippen LogP contribution >= 0.6 is 34.5 Å². The molecule has 2 aromatic carbocycles. The number of carbonyl (C=O) groups excluding carboxylic acids is 1. The molecule has 0 bridgehead atoms. The quantitative estimate of drug-likeness (QED) is 0.454. The molecule has 0 atom stereocenters. The minimum atomic E-state index is -0.540. The standard InChI is InChI=1S/C19H11Cl2N3OS/c20-14-7-5-12(6-8-14)19-23-15(11-26-19)9-13(10-22)18(25)24-17-4-2-1-3-16(17)21/h1-9,11H,(H,24,25)/b13-9+. The summed E-state index contributed by atoms with van der Waals surface area (Å²) in [5.74, 6) is -0.540. The lowest BCUT2D eigenvalue weighted by Crippen LogP contribution is -2.13. The van der Waals surface area contributed by atoms with E-state index >= 15 is 0 Å². The van der Waals surface area contributed by atoms with Crippen molar-refractivity contribution in [1.29, 1.82) is 5.26 Å². The molecule has 0 aliphatic rings. The summed E-state index contributed by atoms with van der Waals surface area (Å²) in [6.45, 7) is 0. The zero-order valence-electron chi connectivity index (χ0n) is 13.2. The van der Waals surface area contributed by atoms with Gasteiger partial charge in [0.25, 0.3) is 5.91 Å². The zero-order valence-corrected chi connectivity index (χ0v) is 15.6. The second-order valence-corrected chi connectivity index (χ2v) is 6.89. The number of nitrogens with one attached hydrogen (secondary N) is 1. The summed E-state index contributed by atoms with van der Waals surface area (Å²) in [7, 11) is 0. The highest BCUT2D eigenvalue weighted by Crippen LogP contribution is 2.26. The Morgan fingerprint density at radius 2 is 1.88 bits per heavy atom. The van der Waals surface area contributed by atoms with Gasteiger partial charge in [-0.1, -0.05) is 47.5 Å². The fourth-order valence-corrected chi connectivity index (χ4v) is 3.22. The van der Waals surface area contributed by atoms with E-state index in [1.54, 1.807) is 41.8 Å². The summed E-state index contributed by atoms with van der Waals surface area (Å²) in [6.07, 6.45) is 1.45. The fraction of sp³-hybridized carbons (Fsp3) is 0. The molecule has 0 radical (unpaired) electrons. The molecular weight excluding hydrogens is 389 g/mol. The van der Waals surface area contributed by atoms with Crippen LogP contribution in [0, 0.1) is 11.3 Å². The Kier molecular flexibility index (Phi) is 5.69. The van der Waals surface area contributed by atoms with E-state index in [1.165, 1.54) is 17.4 Å². The van der Waals surface area contributed by atoms with Crippen molar-refractivity contribution in [1.82, 2.24) is 4.98 Å². The highest BCUT2D eigenvalue weighted by molar-refractivity contribution is 7.13. The first-order chi connectivity index (χ1) is 12.6. The van der Waals surface area contributed by atoms with Gasteiger partial charge in [-0.05, 0) is 30.3 Å². The lowest BCUT2D eigenvalue weighted by Gasteiger charge is -2.05. The number of para-hydroxylation sites is 1. The zero-order chi connectivity index (χ0) is 18.5. The van der Waals surface area contributed by atoms with Gasteiger partial charge in [0.15, 0.2) is 0 Å². The monoisotopic (exact) mass is 399 g/mol. The fourth-order valence-electron chi connectivity index (χ4n) is 2.13. The molecule has 1 N–H and O–H groups in total. The molecule has 1 amide bonds. The van der Waals surface area contributed by atoms with Crippen molar-refractivity contribution in [3.63, 3.8) is 0 Å². The molecule has 0 unspecified atom stereocenters. The number of nitriles is 1. The third-order valence-electron chi connectivity index (χ3n) is 3.39. The molecule has 0 spiro atoms. The Balaban J connectivity index is 1.81. The van der Waals surface area contributed by atoms with Crippen LogP contribution in [-0.2, 0) is 4.79 Å². The van der Waals surface area contributed by atoms with Crippen molar-refractivity contribution in [2.45, 2.75) is 0 Å². The average molecular weight is 400 g/mol. The van der Waals surface area contributed by atoms with E-state index < -0.39 is 5.91 Å². The van der Waals surface area contributed by atoms with E-state index in [-0.39, 0.29) is 5.57 Å². The number of benzene rings is 2. The predicted molar refractivity (Wildman–Crippen MR) is 106 cm³/mol. The number of rotatable bonds is 4. The van der Waals surface area contributed by atoms with Crippen LogP contribution in [0.25, 0.3) is 16.6 Å². The van der Waals surface area contributed by atoms with Gasteiger partial charge >= 0.3 is 0 Å². The topological polar surface area (TPSA) is 65.8 Å². The molecule has 0 fully saturated rings. The van der Waals surface area contributed by atoms with Gasteiger partial charge in [-0.3, -0.25) is 4.79 Å². The van der Waals surface area contributed by atoms with Gasteiger partial charge in [-0.15, -0.1) is 11.3 Å². The van der Waals surface area contributed by atoms with Gasteiger partial charge in [0.2, 0.25) is 0 Å². The number of aromatic nitrogens is 1. The molecule has 26 heavy (non-hydrogen) atoms. The number of hydrogen-bond donors (Lipinski definition) is 1. The minimum absolute atomic E-state index is 0.0575. The highest BCUT2D eigenvalue weighted by Gasteiger charge is 2.12. The lowest BCUT2D eigenvalue weighted by atomic mass is 10.2. The third-order valence-corrected chi connectivity index (χ3v) is 4.88. The van der Waals surface area contributed by atoms with Crippen LogP contribution in [0.1, 0.15) is 5.69 Å². The van der Waals surface area contributed by atoms with Crippen LogP contribution in [0.2, 0.25) is 10.0 Å². The highest BCUT2D eigenvalue weighted by atomic mass is 35.5. The van der Waals surface area contributed by atoms with Crippen molar-refractivity contribution < 1.29 is 4.79 Å². The molecule has 1 aromatic heterocycles. The summed E-state index contributed by atoms with van der Waals surface area (Å²) < 4.78 is 0. The van der Waals surface area contributed by atoms with E-state index in [0.29, 0.717) is 21.4 Å².